The van der Waals surface area contributed by atoms with E-state index in [2.05, 4.69) is 40.2 Å². The number of alkyl halides is 1. The van der Waals surface area contributed by atoms with Crippen LogP contribution in [0.3, 0.4) is 0 Å². The Labute approximate surface area is 87.5 Å². The smallest absolute Gasteiger partial charge is 0.0830 e. The second kappa shape index (κ2) is 5.81. The van der Waals surface area contributed by atoms with Crippen molar-refractivity contribution in [3.63, 3.8) is 0 Å². The molecule has 0 radical (unpaired) electrons. The van der Waals surface area contributed by atoms with E-state index >= 15 is 0 Å². The van der Waals surface area contributed by atoms with Crippen molar-refractivity contribution in [2.24, 2.45) is 0 Å². The molecular formula is C11H13BrO. The SMILES string of the molecule is COC=Cc1ccc(CCBr)cc1. The van der Waals surface area contributed by atoms with E-state index in [1.165, 1.54) is 11.1 Å². The van der Waals surface area contributed by atoms with Gasteiger partial charge in [0.15, 0.2) is 0 Å². The van der Waals surface area contributed by atoms with E-state index in [1.54, 1.807) is 13.4 Å². The summed E-state index contributed by atoms with van der Waals surface area (Å²) >= 11 is 3.41. The van der Waals surface area contributed by atoms with E-state index in [4.69, 9.17) is 4.74 Å². The zero-order valence-electron chi connectivity index (χ0n) is 7.66. The summed E-state index contributed by atoms with van der Waals surface area (Å²) in [7, 11) is 1.65. The van der Waals surface area contributed by atoms with E-state index in [0.29, 0.717) is 0 Å². The fraction of sp³-hybridized carbons (Fsp3) is 0.273. The first kappa shape index (κ1) is 10.3. The first-order valence-corrected chi connectivity index (χ1v) is 5.33. The third-order valence-corrected chi connectivity index (χ3v) is 2.16. The van der Waals surface area contributed by atoms with Crippen molar-refractivity contribution in [3.8, 4) is 0 Å². The van der Waals surface area contributed by atoms with Crippen molar-refractivity contribution in [2.45, 2.75) is 6.42 Å². The average molecular weight is 241 g/mol. The molecule has 0 aliphatic carbocycles. The summed E-state index contributed by atoms with van der Waals surface area (Å²) in [6, 6.07) is 8.45. The summed E-state index contributed by atoms with van der Waals surface area (Å²) in [5.74, 6) is 0. The van der Waals surface area contributed by atoms with Gasteiger partial charge in [0, 0.05) is 5.33 Å². The first-order valence-electron chi connectivity index (χ1n) is 4.21. The van der Waals surface area contributed by atoms with Crippen LogP contribution in [0.25, 0.3) is 6.08 Å². The molecule has 0 unspecified atom stereocenters. The lowest BCUT2D eigenvalue weighted by molar-refractivity contribution is 0.341. The predicted octanol–water partition coefficient (Wildman–Crippen LogP) is 3.24. The van der Waals surface area contributed by atoms with Crippen molar-refractivity contribution in [2.75, 3.05) is 12.4 Å². The fourth-order valence-electron chi connectivity index (χ4n) is 1.05. The van der Waals surface area contributed by atoms with Gasteiger partial charge < -0.3 is 4.74 Å². The van der Waals surface area contributed by atoms with Crippen molar-refractivity contribution in [3.05, 3.63) is 41.7 Å². The van der Waals surface area contributed by atoms with Gasteiger partial charge in [0.2, 0.25) is 0 Å². The molecular weight excluding hydrogens is 228 g/mol. The van der Waals surface area contributed by atoms with Crippen molar-refractivity contribution in [1.82, 2.24) is 0 Å². The summed E-state index contributed by atoms with van der Waals surface area (Å²) in [5, 5.41) is 1.01. The molecule has 0 fully saturated rings. The highest BCUT2D eigenvalue weighted by atomic mass is 79.9. The number of rotatable bonds is 4. The molecule has 0 heterocycles. The summed E-state index contributed by atoms with van der Waals surface area (Å²) in [4.78, 5) is 0. The van der Waals surface area contributed by atoms with Crippen LogP contribution >= 0.6 is 15.9 Å². The summed E-state index contributed by atoms with van der Waals surface area (Å²) in [6.07, 6.45) is 4.70. The van der Waals surface area contributed by atoms with E-state index in [-0.39, 0.29) is 0 Å². The maximum Gasteiger partial charge on any atom is 0.0830 e. The molecule has 13 heavy (non-hydrogen) atoms. The molecule has 0 atom stereocenters. The molecule has 0 saturated heterocycles. The Kier molecular flexibility index (Phi) is 4.61. The zero-order valence-corrected chi connectivity index (χ0v) is 9.25. The second-order valence-corrected chi connectivity index (χ2v) is 3.51. The van der Waals surface area contributed by atoms with Gasteiger partial charge in [-0.2, -0.15) is 0 Å². The van der Waals surface area contributed by atoms with Gasteiger partial charge in [-0.15, -0.1) is 0 Å². The lowest BCUT2D eigenvalue weighted by atomic mass is 10.1. The average Bonchev–Trinajstić information content (AvgIpc) is 2.17. The third-order valence-electron chi connectivity index (χ3n) is 1.76. The Morgan fingerprint density at radius 2 is 2.00 bits per heavy atom. The van der Waals surface area contributed by atoms with Gasteiger partial charge in [0.05, 0.1) is 13.4 Å². The minimum absolute atomic E-state index is 1.01. The number of benzene rings is 1. The topological polar surface area (TPSA) is 9.23 Å². The lowest BCUT2D eigenvalue weighted by Crippen LogP contribution is -1.84. The van der Waals surface area contributed by atoms with E-state index in [9.17, 15) is 0 Å². The molecule has 1 aromatic carbocycles. The van der Waals surface area contributed by atoms with Crippen molar-refractivity contribution in [1.29, 1.82) is 0 Å². The Morgan fingerprint density at radius 3 is 2.54 bits per heavy atom. The monoisotopic (exact) mass is 240 g/mol. The normalized spacial score (nSPS) is 10.6. The highest BCUT2D eigenvalue weighted by Gasteiger charge is 1.90. The number of hydrogen-bond acceptors (Lipinski definition) is 1. The first-order chi connectivity index (χ1) is 6.36. The van der Waals surface area contributed by atoms with E-state index in [0.717, 1.165) is 11.8 Å². The van der Waals surface area contributed by atoms with Crippen LogP contribution in [-0.2, 0) is 11.2 Å². The molecule has 0 aliphatic rings. The number of hydrogen-bond donors (Lipinski definition) is 0. The molecule has 1 nitrogen and oxygen atoms in total. The van der Waals surface area contributed by atoms with Crippen LogP contribution in [0.2, 0.25) is 0 Å². The molecule has 1 rings (SSSR count). The highest BCUT2D eigenvalue weighted by molar-refractivity contribution is 9.09. The Morgan fingerprint density at radius 1 is 1.31 bits per heavy atom. The molecule has 2 heteroatoms. The van der Waals surface area contributed by atoms with Crippen molar-refractivity contribution < 1.29 is 4.74 Å². The van der Waals surface area contributed by atoms with E-state index < -0.39 is 0 Å². The van der Waals surface area contributed by atoms with Crippen LogP contribution in [0.4, 0.5) is 0 Å². The Hall–Kier alpha value is -0.760. The van der Waals surface area contributed by atoms with Gasteiger partial charge >= 0.3 is 0 Å². The largest absolute Gasteiger partial charge is 0.504 e. The molecule has 0 saturated carbocycles. The van der Waals surface area contributed by atoms with Crippen LogP contribution in [0.1, 0.15) is 11.1 Å². The molecule has 0 aromatic heterocycles. The summed E-state index contributed by atoms with van der Waals surface area (Å²) in [5.41, 5.74) is 2.52. The molecule has 0 spiro atoms. The quantitative estimate of drug-likeness (QED) is 0.580. The summed E-state index contributed by atoms with van der Waals surface area (Å²) in [6.45, 7) is 0. The van der Waals surface area contributed by atoms with Crippen LogP contribution in [0, 0.1) is 0 Å². The standard InChI is InChI=1S/C11H13BrO/c1-13-9-7-11-4-2-10(3-5-11)6-8-12/h2-5,7,9H,6,8H2,1H3. The zero-order chi connectivity index (χ0) is 9.52. The fourth-order valence-corrected chi connectivity index (χ4v) is 1.51. The van der Waals surface area contributed by atoms with Gasteiger partial charge in [0.25, 0.3) is 0 Å². The van der Waals surface area contributed by atoms with Gasteiger partial charge in [0.1, 0.15) is 0 Å². The molecule has 1 aromatic rings. The number of aryl methyl sites for hydroxylation is 1. The third kappa shape index (κ3) is 3.64. The van der Waals surface area contributed by atoms with Crippen LogP contribution in [0.15, 0.2) is 30.5 Å². The molecule has 0 N–H and O–H groups in total. The molecule has 0 aliphatic heterocycles. The lowest BCUT2D eigenvalue weighted by Gasteiger charge is -1.98. The molecule has 0 amide bonds. The minimum atomic E-state index is 1.01. The number of ether oxygens (including phenoxy) is 1. The van der Waals surface area contributed by atoms with Crippen molar-refractivity contribution >= 4 is 22.0 Å². The van der Waals surface area contributed by atoms with Gasteiger partial charge in [-0.05, 0) is 23.6 Å². The highest BCUT2D eigenvalue weighted by Crippen LogP contribution is 2.07. The Balaban J connectivity index is 2.64. The summed E-state index contributed by atoms with van der Waals surface area (Å²) < 4.78 is 4.84. The molecule has 0 bridgehead atoms. The maximum absolute atomic E-state index is 4.84. The van der Waals surface area contributed by atoms with Crippen LogP contribution < -0.4 is 0 Å². The number of halogens is 1. The number of methoxy groups -OCH3 is 1. The van der Waals surface area contributed by atoms with Gasteiger partial charge in [-0.25, -0.2) is 0 Å². The second-order valence-electron chi connectivity index (χ2n) is 2.72. The maximum atomic E-state index is 4.84. The van der Waals surface area contributed by atoms with Gasteiger partial charge in [-0.3, -0.25) is 0 Å². The molecule has 70 valence electrons. The van der Waals surface area contributed by atoms with Crippen LogP contribution in [0.5, 0.6) is 0 Å². The van der Waals surface area contributed by atoms with E-state index in [1.807, 2.05) is 6.08 Å². The minimum Gasteiger partial charge on any atom is -0.504 e. The van der Waals surface area contributed by atoms with Gasteiger partial charge in [-0.1, -0.05) is 40.2 Å². The predicted molar refractivity (Wildman–Crippen MR) is 60.0 cm³/mol. The van der Waals surface area contributed by atoms with Crippen LogP contribution in [-0.4, -0.2) is 12.4 Å². The Bertz CT molecular complexity index is 264.